The lowest BCUT2D eigenvalue weighted by atomic mass is 10.3. The Balaban J connectivity index is 2.20. The summed E-state index contributed by atoms with van der Waals surface area (Å²) in [4.78, 5) is 21.8. The number of carbonyl (C=O) groups is 1. The third-order valence-electron chi connectivity index (χ3n) is 2.61. The molecule has 0 unspecified atom stereocenters. The highest BCUT2D eigenvalue weighted by atomic mass is 16.2. The summed E-state index contributed by atoms with van der Waals surface area (Å²) in [6.07, 6.45) is 4.94. The van der Waals surface area contributed by atoms with Crippen LogP contribution in [0.2, 0.25) is 0 Å². The number of carbonyl (C=O) groups excluding carboxylic acids is 1. The highest BCUT2D eigenvalue weighted by Gasteiger charge is 2.14. The average molecular weight is 242 g/mol. The molecule has 2 aromatic heterocycles. The summed E-state index contributed by atoms with van der Waals surface area (Å²) in [5, 5.41) is 2.96. The zero-order chi connectivity index (χ0) is 13.0. The van der Waals surface area contributed by atoms with E-state index in [0.717, 1.165) is 11.4 Å². The smallest absolute Gasteiger partial charge is 0.276 e. The molecule has 92 valence electrons. The maximum atomic E-state index is 12.2. The molecule has 5 nitrogen and oxygen atoms in total. The molecule has 0 bridgehead atoms. The molecule has 5 heteroatoms. The maximum Gasteiger partial charge on any atom is 0.276 e. The Morgan fingerprint density at radius 1 is 1.28 bits per heavy atom. The lowest BCUT2D eigenvalue weighted by molar-refractivity contribution is 0.0988. The first-order valence-electron chi connectivity index (χ1n) is 5.54. The third-order valence-corrected chi connectivity index (χ3v) is 2.61. The summed E-state index contributed by atoms with van der Waals surface area (Å²) in [5.41, 5.74) is 2.01. The van der Waals surface area contributed by atoms with E-state index in [0.29, 0.717) is 5.69 Å². The van der Waals surface area contributed by atoms with E-state index in [4.69, 9.17) is 0 Å². The Hall–Kier alpha value is -2.43. The molecule has 0 aliphatic carbocycles. The van der Waals surface area contributed by atoms with Crippen molar-refractivity contribution < 1.29 is 4.79 Å². The molecular formula is C13H14N4O. The first-order valence-corrected chi connectivity index (χ1v) is 5.54. The molecule has 0 saturated heterocycles. The molecule has 1 amide bonds. The molecule has 18 heavy (non-hydrogen) atoms. The topological polar surface area (TPSA) is 58.1 Å². The molecule has 0 fully saturated rings. The normalized spacial score (nSPS) is 9.89. The van der Waals surface area contributed by atoms with E-state index in [1.54, 1.807) is 44.8 Å². The van der Waals surface area contributed by atoms with Crippen LogP contribution in [0.1, 0.15) is 10.5 Å². The Morgan fingerprint density at radius 3 is 2.67 bits per heavy atom. The van der Waals surface area contributed by atoms with Gasteiger partial charge in [-0.3, -0.25) is 9.78 Å². The minimum atomic E-state index is -0.161. The number of nitrogens with one attached hydrogen (secondary N) is 1. The number of rotatable bonds is 3. The molecule has 2 heterocycles. The second kappa shape index (κ2) is 5.27. The van der Waals surface area contributed by atoms with Crippen molar-refractivity contribution >= 4 is 17.3 Å². The summed E-state index contributed by atoms with van der Waals surface area (Å²) in [7, 11) is 3.51. The van der Waals surface area contributed by atoms with Crippen molar-refractivity contribution in [2.24, 2.45) is 0 Å². The van der Waals surface area contributed by atoms with E-state index >= 15 is 0 Å². The van der Waals surface area contributed by atoms with Gasteiger partial charge in [0.15, 0.2) is 0 Å². The third kappa shape index (κ3) is 2.45. The zero-order valence-electron chi connectivity index (χ0n) is 10.3. The van der Waals surface area contributed by atoms with E-state index in [-0.39, 0.29) is 5.91 Å². The summed E-state index contributed by atoms with van der Waals surface area (Å²) in [5.74, 6) is -0.161. The van der Waals surface area contributed by atoms with Crippen LogP contribution in [0.3, 0.4) is 0 Å². The van der Waals surface area contributed by atoms with E-state index in [1.165, 1.54) is 4.90 Å². The standard InChI is InChI=1S/C13H14N4O/c1-14-10-5-6-12(16-8-10)13(18)17(2)11-4-3-7-15-9-11/h3-9,14H,1-2H3. The number of hydrogen-bond donors (Lipinski definition) is 1. The Labute approximate surface area is 105 Å². The van der Waals surface area contributed by atoms with Gasteiger partial charge in [0, 0.05) is 20.3 Å². The molecule has 2 aromatic rings. The van der Waals surface area contributed by atoms with Gasteiger partial charge in [0.25, 0.3) is 5.91 Å². The number of hydrogen-bond acceptors (Lipinski definition) is 4. The van der Waals surface area contributed by atoms with E-state index in [2.05, 4.69) is 15.3 Å². The predicted octanol–water partition coefficient (Wildman–Crippen LogP) is 1.79. The van der Waals surface area contributed by atoms with Gasteiger partial charge in [-0.25, -0.2) is 4.98 Å². The van der Waals surface area contributed by atoms with Gasteiger partial charge in [-0.05, 0) is 24.3 Å². The number of nitrogens with zero attached hydrogens (tertiary/aromatic N) is 3. The number of pyridine rings is 2. The van der Waals surface area contributed by atoms with Crippen molar-refractivity contribution in [3.63, 3.8) is 0 Å². The Bertz CT molecular complexity index is 524. The Morgan fingerprint density at radius 2 is 2.11 bits per heavy atom. The van der Waals surface area contributed by atoms with Crippen LogP contribution < -0.4 is 10.2 Å². The van der Waals surface area contributed by atoms with Crippen molar-refractivity contribution in [2.75, 3.05) is 24.3 Å². The number of anilines is 2. The lowest BCUT2D eigenvalue weighted by Gasteiger charge is -2.16. The fourth-order valence-electron chi connectivity index (χ4n) is 1.51. The van der Waals surface area contributed by atoms with Crippen LogP contribution in [0.25, 0.3) is 0 Å². The summed E-state index contributed by atoms with van der Waals surface area (Å²) in [6.45, 7) is 0. The van der Waals surface area contributed by atoms with E-state index < -0.39 is 0 Å². The largest absolute Gasteiger partial charge is 0.387 e. The molecule has 0 aliphatic heterocycles. The van der Waals surface area contributed by atoms with Crippen molar-refractivity contribution in [3.8, 4) is 0 Å². The van der Waals surface area contributed by atoms with Gasteiger partial charge in [0.05, 0.1) is 23.8 Å². The van der Waals surface area contributed by atoms with Crippen LogP contribution in [0.5, 0.6) is 0 Å². The summed E-state index contributed by atoms with van der Waals surface area (Å²) in [6, 6.07) is 7.13. The fourth-order valence-corrected chi connectivity index (χ4v) is 1.51. The maximum absolute atomic E-state index is 12.2. The zero-order valence-corrected chi connectivity index (χ0v) is 10.3. The minimum absolute atomic E-state index is 0.161. The van der Waals surface area contributed by atoms with Crippen LogP contribution in [0.4, 0.5) is 11.4 Å². The van der Waals surface area contributed by atoms with Gasteiger partial charge >= 0.3 is 0 Å². The van der Waals surface area contributed by atoms with Crippen molar-refractivity contribution in [2.45, 2.75) is 0 Å². The van der Waals surface area contributed by atoms with Crippen LogP contribution >= 0.6 is 0 Å². The lowest BCUT2D eigenvalue weighted by Crippen LogP contribution is -2.27. The van der Waals surface area contributed by atoms with Crippen molar-refractivity contribution in [3.05, 3.63) is 48.5 Å². The van der Waals surface area contributed by atoms with Gasteiger partial charge in [-0.2, -0.15) is 0 Å². The van der Waals surface area contributed by atoms with Gasteiger partial charge in [0.1, 0.15) is 5.69 Å². The Kier molecular flexibility index (Phi) is 3.52. The number of amides is 1. The molecule has 1 N–H and O–H groups in total. The second-order valence-corrected chi connectivity index (χ2v) is 3.76. The minimum Gasteiger partial charge on any atom is -0.387 e. The van der Waals surface area contributed by atoms with Gasteiger partial charge in [0.2, 0.25) is 0 Å². The van der Waals surface area contributed by atoms with Crippen LogP contribution in [-0.4, -0.2) is 30.0 Å². The molecule has 0 atom stereocenters. The summed E-state index contributed by atoms with van der Waals surface area (Å²) >= 11 is 0. The van der Waals surface area contributed by atoms with Crippen molar-refractivity contribution in [1.82, 2.24) is 9.97 Å². The fraction of sp³-hybridized carbons (Fsp3) is 0.154. The molecule has 0 aliphatic rings. The van der Waals surface area contributed by atoms with Crippen molar-refractivity contribution in [1.29, 1.82) is 0 Å². The van der Waals surface area contributed by atoms with E-state index in [9.17, 15) is 4.79 Å². The molecule has 0 saturated carbocycles. The predicted molar refractivity (Wildman–Crippen MR) is 70.8 cm³/mol. The molecular weight excluding hydrogens is 228 g/mol. The molecule has 0 aromatic carbocycles. The second-order valence-electron chi connectivity index (χ2n) is 3.76. The van der Waals surface area contributed by atoms with Gasteiger partial charge in [-0.15, -0.1) is 0 Å². The molecule has 0 radical (unpaired) electrons. The van der Waals surface area contributed by atoms with Crippen LogP contribution in [0, 0.1) is 0 Å². The molecule has 0 spiro atoms. The first-order chi connectivity index (χ1) is 8.72. The average Bonchev–Trinajstić information content (AvgIpc) is 2.47. The van der Waals surface area contributed by atoms with Crippen LogP contribution in [0.15, 0.2) is 42.9 Å². The monoisotopic (exact) mass is 242 g/mol. The van der Waals surface area contributed by atoms with Gasteiger partial charge in [-0.1, -0.05) is 0 Å². The van der Waals surface area contributed by atoms with Gasteiger partial charge < -0.3 is 10.2 Å². The number of aromatic nitrogens is 2. The van der Waals surface area contributed by atoms with Crippen LogP contribution in [-0.2, 0) is 0 Å². The first kappa shape index (κ1) is 12.0. The quantitative estimate of drug-likeness (QED) is 0.891. The summed E-state index contributed by atoms with van der Waals surface area (Å²) < 4.78 is 0. The highest BCUT2D eigenvalue weighted by molar-refractivity contribution is 6.04. The van der Waals surface area contributed by atoms with E-state index in [1.807, 2.05) is 12.1 Å². The SMILES string of the molecule is CNc1ccc(C(=O)N(C)c2cccnc2)nc1. The highest BCUT2D eigenvalue weighted by Crippen LogP contribution is 2.13. The molecule has 2 rings (SSSR count).